The number of para-hydroxylation sites is 1. The van der Waals surface area contributed by atoms with Gasteiger partial charge in [-0.2, -0.15) is 5.26 Å². The lowest BCUT2D eigenvalue weighted by Crippen LogP contribution is -2.31. The molecule has 0 radical (unpaired) electrons. The molecule has 0 unspecified atom stereocenters. The first-order chi connectivity index (χ1) is 9.86. The van der Waals surface area contributed by atoms with Gasteiger partial charge in [-0.05, 0) is 44.0 Å². The van der Waals surface area contributed by atoms with E-state index >= 15 is 0 Å². The van der Waals surface area contributed by atoms with Gasteiger partial charge in [0.05, 0.1) is 17.1 Å². The lowest BCUT2D eigenvalue weighted by molar-refractivity contribution is 0.389. The Hall–Kier alpha value is -2.12. The molecule has 102 valence electrons. The van der Waals surface area contributed by atoms with E-state index in [1.807, 2.05) is 30.3 Å². The second kappa shape index (κ2) is 5.89. The zero-order valence-electron chi connectivity index (χ0n) is 11.4. The van der Waals surface area contributed by atoms with Crippen LogP contribution < -0.4 is 10.6 Å². The van der Waals surface area contributed by atoms with Crippen LogP contribution in [0.1, 0.15) is 18.4 Å². The van der Waals surface area contributed by atoms with Crippen molar-refractivity contribution in [3.05, 3.63) is 35.9 Å². The van der Waals surface area contributed by atoms with Crippen molar-refractivity contribution in [2.24, 2.45) is 5.92 Å². The summed E-state index contributed by atoms with van der Waals surface area (Å²) in [6.07, 6.45) is 2.40. The number of nitrogens with one attached hydrogen (secondary N) is 2. The Morgan fingerprint density at radius 2 is 2.10 bits per heavy atom. The predicted molar refractivity (Wildman–Crippen MR) is 80.5 cm³/mol. The summed E-state index contributed by atoms with van der Waals surface area (Å²) in [6.45, 7) is 3.12. The molecule has 2 N–H and O–H groups in total. The molecule has 0 saturated carbocycles. The van der Waals surface area contributed by atoms with Gasteiger partial charge in [-0.1, -0.05) is 18.2 Å². The fourth-order valence-electron chi connectivity index (χ4n) is 2.69. The SMILES string of the molecule is N#Cc1cc(NCC2CCNCC2)nc2ccccc12. The Labute approximate surface area is 118 Å². The smallest absolute Gasteiger partial charge is 0.127 e. The number of hydrogen-bond donors (Lipinski definition) is 2. The first-order valence-corrected chi connectivity index (χ1v) is 7.11. The van der Waals surface area contributed by atoms with E-state index in [2.05, 4.69) is 21.7 Å². The van der Waals surface area contributed by atoms with Gasteiger partial charge in [0, 0.05) is 11.9 Å². The van der Waals surface area contributed by atoms with Gasteiger partial charge in [0.15, 0.2) is 0 Å². The first kappa shape index (κ1) is 12.9. The molecule has 1 aromatic carbocycles. The summed E-state index contributed by atoms with van der Waals surface area (Å²) >= 11 is 0. The minimum absolute atomic E-state index is 0.684. The van der Waals surface area contributed by atoms with Crippen molar-refractivity contribution in [1.82, 2.24) is 10.3 Å². The Bertz CT molecular complexity index is 638. The van der Waals surface area contributed by atoms with Crippen molar-refractivity contribution in [2.45, 2.75) is 12.8 Å². The zero-order valence-corrected chi connectivity index (χ0v) is 11.4. The number of fused-ring (bicyclic) bond motifs is 1. The highest BCUT2D eigenvalue weighted by Gasteiger charge is 2.13. The Balaban J connectivity index is 1.79. The van der Waals surface area contributed by atoms with Gasteiger partial charge in [0.2, 0.25) is 0 Å². The van der Waals surface area contributed by atoms with Crippen molar-refractivity contribution in [1.29, 1.82) is 5.26 Å². The summed E-state index contributed by atoms with van der Waals surface area (Å²) in [7, 11) is 0. The van der Waals surface area contributed by atoms with E-state index in [1.54, 1.807) is 0 Å². The van der Waals surface area contributed by atoms with Crippen molar-refractivity contribution in [2.75, 3.05) is 25.0 Å². The molecule has 0 bridgehead atoms. The van der Waals surface area contributed by atoms with Crippen LogP contribution in [-0.4, -0.2) is 24.6 Å². The molecule has 4 heteroatoms. The summed E-state index contributed by atoms with van der Waals surface area (Å²) in [5.41, 5.74) is 1.56. The average molecular weight is 266 g/mol. The van der Waals surface area contributed by atoms with E-state index in [0.717, 1.165) is 36.4 Å². The topological polar surface area (TPSA) is 60.7 Å². The molecule has 20 heavy (non-hydrogen) atoms. The van der Waals surface area contributed by atoms with Crippen LogP contribution in [0.15, 0.2) is 30.3 Å². The van der Waals surface area contributed by atoms with Crippen LogP contribution in [-0.2, 0) is 0 Å². The van der Waals surface area contributed by atoms with Crippen LogP contribution >= 0.6 is 0 Å². The summed E-state index contributed by atoms with van der Waals surface area (Å²) in [5.74, 6) is 1.49. The van der Waals surface area contributed by atoms with Crippen LogP contribution in [0.5, 0.6) is 0 Å². The molecular formula is C16H18N4. The number of nitrogens with zero attached hydrogens (tertiary/aromatic N) is 2. The second-order valence-electron chi connectivity index (χ2n) is 5.26. The number of nitriles is 1. The van der Waals surface area contributed by atoms with Crippen molar-refractivity contribution in [3.8, 4) is 6.07 Å². The number of piperidine rings is 1. The minimum atomic E-state index is 0.684. The van der Waals surface area contributed by atoms with Crippen molar-refractivity contribution in [3.63, 3.8) is 0 Å². The van der Waals surface area contributed by atoms with Gasteiger partial charge in [0.25, 0.3) is 0 Å². The molecule has 1 saturated heterocycles. The van der Waals surface area contributed by atoms with Gasteiger partial charge in [-0.25, -0.2) is 4.98 Å². The largest absolute Gasteiger partial charge is 0.370 e. The molecule has 1 aromatic heterocycles. The number of rotatable bonds is 3. The Kier molecular flexibility index (Phi) is 3.80. The van der Waals surface area contributed by atoms with Crippen LogP contribution in [0.25, 0.3) is 10.9 Å². The highest BCUT2D eigenvalue weighted by atomic mass is 15.0. The number of anilines is 1. The molecule has 4 nitrogen and oxygen atoms in total. The molecule has 0 spiro atoms. The monoisotopic (exact) mass is 266 g/mol. The van der Waals surface area contributed by atoms with E-state index in [1.165, 1.54) is 12.8 Å². The molecule has 3 rings (SSSR count). The molecule has 1 fully saturated rings. The van der Waals surface area contributed by atoms with Crippen LogP contribution in [0.3, 0.4) is 0 Å². The number of pyridine rings is 1. The van der Waals surface area contributed by atoms with Crippen LogP contribution in [0.4, 0.5) is 5.82 Å². The van der Waals surface area contributed by atoms with Gasteiger partial charge in [-0.3, -0.25) is 0 Å². The van der Waals surface area contributed by atoms with Crippen LogP contribution in [0.2, 0.25) is 0 Å². The van der Waals surface area contributed by atoms with E-state index < -0.39 is 0 Å². The van der Waals surface area contributed by atoms with Crippen molar-refractivity contribution >= 4 is 16.7 Å². The number of benzene rings is 1. The molecule has 2 heterocycles. The van der Waals surface area contributed by atoms with Crippen molar-refractivity contribution < 1.29 is 0 Å². The second-order valence-corrected chi connectivity index (χ2v) is 5.26. The Morgan fingerprint density at radius 3 is 2.90 bits per heavy atom. The maximum absolute atomic E-state index is 9.26. The van der Waals surface area contributed by atoms with Gasteiger partial charge in [-0.15, -0.1) is 0 Å². The van der Waals surface area contributed by atoms with Crippen LogP contribution in [0, 0.1) is 17.2 Å². The molecule has 0 atom stereocenters. The maximum Gasteiger partial charge on any atom is 0.127 e. The third-order valence-corrected chi connectivity index (χ3v) is 3.87. The summed E-state index contributed by atoms with van der Waals surface area (Å²) < 4.78 is 0. The van der Waals surface area contributed by atoms with Gasteiger partial charge in [0.1, 0.15) is 5.82 Å². The first-order valence-electron chi connectivity index (χ1n) is 7.11. The maximum atomic E-state index is 9.26. The average Bonchev–Trinajstić information content (AvgIpc) is 2.53. The highest BCUT2D eigenvalue weighted by molar-refractivity contribution is 5.86. The highest BCUT2D eigenvalue weighted by Crippen LogP contribution is 2.21. The summed E-state index contributed by atoms with van der Waals surface area (Å²) in [5, 5.41) is 16.9. The number of aromatic nitrogens is 1. The summed E-state index contributed by atoms with van der Waals surface area (Å²) in [4.78, 5) is 4.59. The Morgan fingerprint density at radius 1 is 1.30 bits per heavy atom. The third kappa shape index (κ3) is 2.73. The quantitative estimate of drug-likeness (QED) is 0.896. The molecule has 1 aliphatic rings. The zero-order chi connectivity index (χ0) is 13.8. The lowest BCUT2D eigenvalue weighted by atomic mass is 9.98. The van der Waals surface area contributed by atoms with E-state index in [4.69, 9.17) is 0 Å². The minimum Gasteiger partial charge on any atom is -0.370 e. The normalized spacial score (nSPS) is 15.9. The molecule has 0 aliphatic carbocycles. The predicted octanol–water partition coefficient (Wildman–Crippen LogP) is 2.52. The molecule has 1 aliphatic heterocycles. The van der Waals surface area contributed by atoms with E-state index in [9.17, 15) is 5.26 Å². The third-order valence-electron chi connectivity index (χ3n) is 3.87. The van der Waals surface area contributed by atoms with E-state index in [-0.39, 0.29) is 0 Å². The van der Waals surface area contributed by atoms with Gasteiger partial charge < -0.3 is 10.6 Å². The molecular weight excluding hydrogens is 248 g/mol. The lowest BCUT2D eigenvalue weighted by Gasteiger charge is -2.23. The fraction of sp³-hybridized carbons (Fsp3) is 0.375. The van der Waals surface area contributed by atoms with E-state index in [0.29, 0.717) is 11.5 Å². The number of hydrogen-bond acceptors (Lipinski definition) is 4. The molecule has 0 amide bonds. The standard InChI is InChI=1S/C16H18N4/c17-10-13-9-16(19-11-12-5-7-18-8-6-12)20-15-4-2-1-3-14(13)15/h1-4,9,12,18H,5-8,11H2,(H,19,20). The van der Waals surface area contributed by atoms with Gasteiger partial charge >= 0.3 is 0 Å². The summed E-state index contributed by atoms with van der Waals surface area (Å²) in [6, 6.07) is 11.9. The molecule has 2 aromatic rings. The fourth-order valence-corrected chi connectivity index (χ4v) is 2.69.